The summed E-state index contributed by atoms with van der Waals surface area (Å²) in [5.41, 5.74) is 2.30. The van der Waals surface area contributed by atoms with Crippen LogP contribution >= 0.6 is 0 Å². The third-order valence-electron chi connectivity index (χ3n) is 2.89. The van der Waals surface area contributed by atoms with Crippen molar-refractivity contribution in [3.05, 3.63) is 28.8 Å². The molecule has 0 aromatic heterocycles. The van der Waals surface area contributed by atoms with E-state index in [0.717, 1.165) is 24.1 Å². The summed E-state index contributed by atoms with van der Waals surface area (Å²) in [5.74, 6) is -1.16. The van der Waals surface area contributed by atoms with Crippen LogP contribution in [0.15, 0.2) is 12.1 Å². The van der Waals surface area contributed by atoms with E-state index in [1.165, 1.54) is 6.07 Å². The molecule has 0 atom stereocenters. The summed E-state index contributed by atoms with van der Waals surface area (Å²) >= 11 is 0. The van der Waals surface area contributed by atoms with Crippen molar-refractivity contribution in [2.45, 2.75) is 27.2 Å². The van der Waals surface area contributed by atoms with Gasteiger partial charge in [-0.3, -0.25) is 4.79 Å². The predicted molar refractivity (Wildman–Crippen MR) is 74.7 cm³/mol. The number of aryl methyl sites for hydroxylation is 1. The molecule has 0 bridgehead atoms. The van der Waals surface area contributed by atoms with E-state index >= 15 is 0 Å². The zero-order chi connectivity index (χ0) is 14.4. The Hall–Kier alpha value is -1.88. The van der Waals surface area contributed by atoms with Gasteiger partial charge in [-0.1, -0.05) is 6.92 Å². The number of benzene rings is 1. The van der Waals surface area contributed by atoms with E-state index in [1.54, 1.807) is 13.0 Å². The molecule has 0 fully saturated rings. The van der Waals surface area contributed by atoms with Crippen molar-refractivity contribution in [3.63, 3.8) is 0 Å². The SMILES string of the molecule is CCCNCC(=O)Nc1cc(C)c(C)c(C(=O)O)c1. The van der Waals surface area contributed by atoms with Gasteiger partial charge in [-0.25, -0.2) is 4.79 Å². The highest BCUT2D eigenvalue weighted by molar-refractivity contribution is 5.95. The molecular weight excluding hydrogens is 244 g/mol. The molecule has 3 N–H and O–H groups in total. The van der Waals surface area contributed by atoms with Crippen molar-refractivity contribution in [3.8, 4) is 0 Å². The highest BCUT2D eigenvalue weighted by Gasteiger charge is 2.12. The van der Waals surface area contributed by atoms with Crippen molar-refractivity contribution in [1.29, 1.82) is 0 Å². The molecule has 104 valence electrons. The molecule has 0 aliphatic carbocycles. The molecule has 0 heterocycles. The standard InChI is InChI=1S/C14H20N2O3/c1-4-5-15-8-13(17)16-11-6-9(2)10(3)12(7-11)14(18)19/h6-7,15H,4-5,8H2,1-3H3,(H,16,17)(H,18,19). The molecule has 0 spiro atoms. The summed E-state index contributed by atoms with van der Waals surface area (Å²) in [6.07, 6.45) is 0.958. The minimum atomic E-state index is -0.985. The van der Waals surface area contributed by atoms with Gasteiger partial charge in [-0.15, -0.1) is 0 Å². The van der Waals surface area contributed by atoms with Crippen LogP contribution in [-0.2, 0) is 4.79 Å². The first-order chi connectivity index (χ1) is 8.95. The lowest BCUT2D eigenvalue weighted by molar-refractivity contribution is -0.115. The van der Waals surface area contributed by atoms with E-state index in [-0.39, 0.29) is 18.0 Å². The summed E-state index contributed by atoms with van der Waals surface area (Å²) < 4.78 is 0. The fourth-order valence-electron chi connectivity index (χ4n) is 1.74. The maximum atomic E-state index is 11.6. The first-order valence-electron chi connectivity index (χ1n) is 6.30. The van der Waals surface area contributed by atoms with Crippen molar-refractivity contribution >= 4 is 17.6 Å². The number of hydrogen-bond donors (Lipinski definition) is 3. The minimum Gasteiger partial charge on any atom is -0.478 e. The van der Waals surface area contributed by atoms with Crippen LogP contribution < -0.4 is 10.6 Å². The summed E-state index contributed by atoms with van der Waals surface area (Å²) in [7, 11) is 0. The van der Waals surface area contributed by atoms with E-state index in [9.17, 15) is 9.59 Å². The Balaban J connectivity index is 2.79. The fourth-order valence-corrected chi connectivity index (χ4v) is 1.74. The highest BCUT2D eigenvalue weighted by atomic mass is 16.4. The van der Waals surface area contributed by atoms with Gasteiger partial charge in [0.25, 0.3) is 0 Å². The van der Waals surface area contributed by atoms with E-state index in [0.29, 0.717) is 5.69 Å². The molecule has 0 unspecified atom stereocenters. The number of carbonyl (C=O) groups is 2. The molecule has 5 heteroatoms. The molecule has 0 aliphatic rings. The largest absolute Gasteiger partial charge is 0.478 e. The maximum absolute atomic E-state index is 11.6. The minimum absolute atomic E-state index is 0.173. The second-order valence-corrected chi connectivity index (χ2v) is 4.50. The number of carboxylic acids is 1. The Morgan fingerprint density at radius 2 is 1.95 bits per heavy atom. The van der Waals surface area contributed by atoms with Crippen LogP contribution in [0.25, 0.3) is 0 Å². The van der Waals surface area contributed by atoms with Gasteiger partial charge in [0.1, 0.15) is 0 Å². The number of amides is 1. The van der Waals surface area contributed by atoms with Gasteiger partial charge in [0.05, 0.1) is 12.1 Å². The second-order valence-electron chi connectivity index (χ2n) is 4.50. The zero-order valence-corrected chi connectivity index (χ0v) is 11.5. The van der Waals surface area contributed by atoms with Crippen LogP contribution in [0.2, 0.25) is 0 Å². The molecule has 1 aromatic rings. The van der Waals surface area contributed by atoms with Crippen molar-refractivity contribution in [2.24, 2.45) is 0 Å². The van der Waals surface area contributed by atoms with Gasteiger partial charge in [-0.05, 0) is 50.1 Å². The molecular formula is C14H20N2O3. The molecule has 1 rings (SSSR count). The number of aromatic carboxylic acids is 1. The smallest absolute Gasteiger partial charge is 0.336 e. The Bertz CT molecular complexity index is 484. The number of anilines is 1. The molecule has 19 heavy (non-hydrogen) atoms. The number of rotatable bonds is 6. The summed E-state index contributed by atoms with van der Waals surface area (Å²) in [6, 6.07) is 3.27. The van der Waals surface area contributed by atoms with Gasteiger partial charge >= 0.3 is 5.97 Å². The number of nitrogens with one attached hydrogen (secondary N) is 2. The first kappa shape index (κ1) is 15.2. The molecule has 1 aromatic carbocycles. The first-order valence-corrected chi connectivity index (χ1v) is 6.30. The average Bonchev–Trinajstić information content (AvgIpc) is 2.33. The second kappa shape index (κ2) is 6.89. The summed E-state index contributed by atoms with van der Waals surface area (Å²) in [4.78, 5) is 22.7. The van der Waals surface area contributed by atoms with Crippen LogP contribution in [0, 0.1) is 13.8 Å². The Morgan fingerprint density at radius 3 is 2.53 bits per heavy atom. The highest BCUT2D eigenvalue weighted by Crippen LogP contribution is 2.19. The Labute approximate surface area is 113 Å². The van der Waals surface area contributed by atoms with Crippen molar-refractivity contribution < 1.29 is 14.7 Å². The maximum Gasteiger partial charge on any atom is 0.336 e. The van der Waals surface area contributed by atoms with E-state index in [1.807, 2.05) is 13.8 Å². The van der Waals surface area contributed by atoms with Gasteiger partial charge in [0.2, 0.25) is 5.91 Å². The van der Waals surface area contributed by atoms with Crippen molar-refractivity contribution in [1.82, 2.24) is 5.32 Å². The third-order valence-corrected chi connectivity index (χ3v) is 2.89. The van der Waals surface area contributed by atoms with E-state index in [2.05, 4.69) is 10.6 Å². The summed E-state index contributed by atoms with van der Waals surface area (Å²) in [6.45, 7) is 6.61. The van der Waals surface area contributed by atoms with Crippen LogP contribution in [0.4, 0.5) is 5.69 Å². The van der Waals surface area contributed by atoms with Gasteiger partial charge < -0.3 is 15.7 Å². The normalized spacial score (nSPS) is 10.3. The number of carbonyl (C=O) groups excluding carboxylic acids is 1. The Kier molecular flexibility index (Phi) is 5.51. The topological polar surface area (TPSA) is 78.4 Å². The monoisotopic (exact) mass is 264 g/mol. The summed E-state index contributed by atoms with van der Waals surface area (Å²) in [5, 5.41) is 14.8. The lowest BCUT2D eigenvalue weighted by atomic mass is 10.0. The predicted octanol–water partition coefficient (Wildman–Crippen LogP) is 1.94. The molecule has 1 amide bonds. The van der Waals surface area contributed by atoms with Crippen LogP contribution in [-0.4, -0.2) is 30.1 Å². The molecule has 0 aliphatic heterocycles. The number of carboxylic acid groups (broad SMARTS) is 1. The lowest BCUT2D eigenvalue weighted by Crippen LogP contribution is -2.28. The quantitative estimate of drug-likeness (QED) is 0.686. The van der Waals surface area contributed by atoms with Gasteiger partial charge in [0.15, 0.2) is 0 Å². The third kappa shape index (κ3) is 4.37. The van der Waals surface area contributed by atoms with Crippen LogP contribution in [0.3, 0.4) is 0 Å². The molecule has 0 radical (unpaired) electrons. The van der Waals surface area contributed by atoms with E-state index in [4.69, 9.17) is 5.11 Å². The lowest BCUT2D eigenvalue weighted by Gasteiger charge is -2.11. The number of hydrogen-bond acceptors (Lipinski definition) is 3. The van der Waals surface area contributed by atoms with Gasteiger partial charge in [-0.2, -0.15) is 0 Å². The van der Waals surface area contributed by atoms with Crippen LogP contribution in [0.5, 0.6) is 0 Å². The fraction of sp³-hybridized carbons (Fsp3) is 0.429. The average molecular weight is 264 g/mol. The zero-order valence-electron chi connectivity index (χ0n) is 11.5. The van der Waals surface area contributed by atoms with Crippen molar-refractivity contribution in [2.75, 3.05) is 18.4 Å². The molecule has 0 saturated carbocycles. The van der Waals surface area contributed by atoms with Crippen LogP contribution in [0.1, 0.15) is 34.8 Å². The molecule has 0 saturated heterocycles. The molecule has 5 nitrogen and oxygen atoms in total. The van der Waals surface area contributed by atoms with E-state index < -0.39 is 5.97 Å². The van der Waals surface area contributed by atoms with Gasteiger partial charge in [0, 0.05) is 5.69 Å². The Morgan fingerprint density at radius 1 is 1.26 bits per heavy atom.